The molecule has 0 spiro atoms. The minimum Gasteiger partial charge on any atom is -0.296 e. The Hall–Kier alpha value is -0.670. The van der Waals surface area contributed by atoms with Crippen molar-refractivity contribution in [2.45, 2.75) is 19.9 Å². The van der Waals surface area contributed by atoms with Crippen molar-refractivity contribution >= 4 is 11.6 Å². The zero-order valence-electron chi connectivity index (χ0n) is 8.49. The van der Waals surface area contributed by atoms with Crippen LogP contribution < -0.4 is 0 Å². The number of aromatic nitrogens is 2. The highest BCUT2D eigenvalue weighted by Gasteiger charge is 2.04. The second-order valence-corrected chi connectivity index (χ2v) is 3.45. The smallest absolute Gasteiger partial charge is 0.142 e. The molecule has 0 bridgehead atoms. The molecule has 0 aromatic carbocycles. The monoisotopic (exact) mass is 213 g/mol. The van der Waals surface area contributed by atoms with Crippen LogP contribution in [0.3, 0.4) is 0 Å². The van der Waals surface area contributed by atoms with Gasteiger partial charge in [0.05, 0.1) is 6.54 Å². The summed E-state index contributed by atoms with van der Waals surface area (Å²) in [5.41, 5.74) is 0. The van der Waals surface area contributed by atoms with E-state index in [4.69, 9.17) is 11.6 Å². The van der Waals surface area contributed by atoms with Crippen LogP contribution in [-0.2, 0) is 6.54 Å². The molecule has 0 fully saturated rings. The third-order valence-corrected chi connectivity index (χ3v) is 2.31. The van der Waals surface area contributed by atoms with Crippen molar-refractivity contribution in [2.75, 3.05) is 19.0 Å². The first-order chi connectivity index (χ1) is 6.86. The standard InChI is InChI=1S/C10H16ClN3/c1-2-14(8-3-5-11)9-10-12-6-4-7-13-10/h4,6-7H,2-3,5,8-9H2,1H3. The summed E-state index contributed by atoms with van der Waals surface area (Å²) in [6, 6.07) is 1.83. The topological polar surface area (TPSA) is 29.0 Å². The normalized spacial score (nSPS) is 10.8. The fraction of sp³-hybridized carbons (Fsp3) is 0.600. The number of rotatable bonds is 6. The van der Waals surface area contributed by atoms with E-state index >= 15 is 0 Å². The van der Waals surface area contributed by atoms with Crippen molar-refractivity contribution in [3.05, 3.63) is 24.3 Å². The first-order valence-corrected chi connectivity index (χ1v) is 5.44. The fourth-order valence-corrected chi connectivity index (χ4v) is 1.36. The second kappa shape index (κ2) is 6.74. The molecule has 0 amide bonds. The highest BCUT2D eigenvalue weighted by Crippen LogP contribution is 1.99. The van der Waals surface area contributed by atoms with Gasteiger partial charge in [0.2, 0.25) is 0 Å². The number of hydrogen-bond acceptors (Lipinski definition) is 3. The fourth-order valence-electron chi connectivity index (χ4n) is 1.24. The molecule has 3 nitrogen and oxygen atoms in total. The average Bonchev–Trinajstić information content (AvgIpc) is 2.25. The van der Waals surface area contributed by atoms with E-state index < -0.39 is 0 Å². The van der Waals surface area contributed by atoms with Crippen molar-refractivity contribution in [3.8, 4) is 0 Å². The van der Waals surface area contributed by atoms with E-state index in [0.717, 1.165) is 31.9 Å². The van der Waals surface area contributed by atoms with Crippen LogP contribution in [-0.4, -0.2) is 33.8 Å². The quantitative estimate of drug-likeness (QED) is 0.677. The van der Waals surface area contributed by atoms with E-state index in [-0.39, 0.29) is 0 Å². The number of alkyl halides is 1. The van der Waals surface area contributed by atoms with E-state index in [2.05, 4.69) is 21.8 Å². The lowest BCUT2D eigenvalue weighted by atomic mass is 10.4. The van der Waals surface area contributed by atoms with E-state index in [9.17, 15) is 0 Å². The summed E-state index contributed by atoms with van der Waals surface area (Å²) in [4.78, 5) is 10.7. The van der Waals surface area contributed by atoms with Crippen LogP contribution in [0.4, 0.5) is 0 Å². The summed E-state index contributed by atoms with van der Waals surface area (Å²) >= 11 is 5.65. The maximum Gasteiger partial charge on any atom is 0.142 e. The van der Waals surface area contributed by atoms with Gasteiger partial charge in [0.25, 0.3) is 0 Å². The third kappa shape index (κ3) is 4.03. The largest absolute Gasteiger partial charge is 0.296 e. The van der Waals surface area contributed by atoms with Gasteiger partial charge in [0.15, 0.2) is 0 Å². The van der Waals surface area contributed by atoms with Crippen molar-refractivity contribution in [1.82, 2.24) is 14.9 Å². The maximum absolute atomic E-state index is 5.65. The summed E-state index contributed by atoms with van der Waals surface area (Å²) < 4.78 is 0. The molecule has 1 aromatic heterocycles. The second-order valence-electron chi connectivity index (χ2n) is 3.08. The van der Waals surface area contributed by atoms with Crippen LogP contribution in [0, 0.1) is 0 Å². The molecule has 0 aliphatic rings. The highest BCUT2D eigenvalue weighted by molar-refractivity contribution is 6.17. The molecule has 0 atom stereocenters. The Morgan fingerprint density at radius 1 is 1.36 bits per heavy atom. The van der Waals surface area contributed by atoms with Crippen LogP contribution in [0.15, 0.2) is 18.5 Å². The highest BCUT2D eigenvalue weighted by atomic mass is 35.5. The zero-order valence-corrected chi connectivity index (χ0v) is 9.24. The Balaban J connectivity index is 2.40. The van der Waals surface area contributed by atoms with Gasteiger partial charge in [0.1, 0.15) is 5.82 Å². The lowest BCUT2D eigenvalue weighted by Gasteiger charge is -2.18. The van der Waals surface area contributed by atoms with Crippen LogP contribution in [0.5, 0.6) is 0 Å². The lowest BCUT2D eigenvalue weighted by Crippen LogP contribution is -2.25. The van der Waals surface area contributed by atoms with Gasteiger partial charge in [-0.15, -0.1) is 11.6 Å². The van der Waals surface area contributed by atoms with E-state index in [1.54, 1.807) is 12.4 Å². The molecule has 14 heavy (non-hydrogen) atoms. The summed E-state index contributed by atoms with van der Waals surface area (Å²) in [5.74, 6) is 1.59. The molecular weight excluding hydrogens is 198 g/mol. The Kier molecular flexibility index (Phi) is 5.49. The van der Waals surface area contributed by atoms with E-state index in [1.807, 2.05) is 6.07 Å². The summed E-state index contributed by atoms with van der Waals surface area (Å²) in [7, 11) is 0. The molecule has 1 aromatic rings. The molecule has 0 aliphatic heterocycles. The van der Waals surface area contributed by atoms with Gasteiger partial charge >= 0.3 is 0 Å². The van der Waals surface area contributed by atoms with Crippen molar-refractivity contribution in [3.63, 3.8) is 0 Å². The van der Waals surface area contributed by atoms with Crippen molar-refractivity contribution in [1.29, 1.82) is 0 Å². The minimum absolute atomic E-state index is 0.714. The molecule has 78 valence electrons. The molecule has 4 heteroatoms. The van der Waals surface area contributed by atoms with Gasteiger partial charge in [-0.2, -0.15) is 0 Å². The van der Waals surface area contributed by atoms with Gasteiger partial charge in [-0.3, -0.25) is 4.90 Å². The molecule has 0 unspecified atom stereocenters. The Labute approximate surface area is 90.1 Å². The molecule has 1 heterocycles. The summed E-state index contributed by atoms with van der Waals surface area (Å²) in [6.07, 6.45) is 4.57. The molecule has 0 saturated carbocycles. The first kappa shape index (κ1) is 11.4. The average molecular weight is 214 g/mol. The Morgan fingerprint density at radius 2 is 2.07 bits per heavy atom. The molecule has 0 N–H and O–H groups in total. The SMILES string of the molecule is CCN(CCCCl)Cc1ncccn1. The van der Waals surface area contributed by atoms with Crippen LogP contribution in [0.1, 0.15) is 19.2 Å². The minimum atomic E-state index is 0.714. The lowest BCUT2D eigenvalue weighted by molar-refractivity contribution is 0.274. The predicted molar refractivity (Wildman–Crippen MR) is 58.3 cm³/mol. The summed E-state index contributed by atoms with van der Waals surface area (Å²) in [5, 5.41) is 0. The van der Waals surface area contributed by atoms with Crippen LogP contribution in [0.2, 0.25) is 0 Å². The van der Waals surface area contributed by atoms with Gasteiger partial charge in [-0.25, -0.2) is 9.97 Å². The van der Waals surface area contributed by atoms with Gasteiger partial charge in [-0.05, 0) is 25.6 Å². The molecular formula is C10H16ClN3. The molecule has 0 saturated heterocycles. The molecule has 1 rings (SSSR count). The number of nitrogens with zero attached hydrogens (tertiary/aromatic N) is 3. The molecule has 0 aliphatic carbocycles. The maximum atomic E-state index is 5.65. The van der Waals surface area contributed by atoms with Gasteiger partial charge in [-0.1, -0.05) is 6.92 Å². The number of halogens is 1. The van der Waals surface area contributed by atoms with Crippen molar-refractivity contribution in [2.24, 2.45) is 0 Å². The Bertz CT molecular complexity index is 240. The molecule has 0 radical (unpaired) electrons. The number of hydrogen-bond donors (Lipinski definition) is 0. The van der Waals surface area contributed by atoms with E-state index in [1.165, 1.54) is 0 Å². The van der Waals surface area contributed by atoms with Crippen LogP contribution in [0.25, 0.3) is 0 Å². The van der Waals surface area contributed by atoms with Crippen LogP contribution >= 0.6 is 11.6 Å². The third-order valence-electron chi connectivity index (χ3n) is 2.04. The predicted octanol–water partition coefficient (Wildman–Crippen LogP) is 1.93. The summed E-state index contributed by atoms with van der Waals surface area (Å²) in [6.45, 7) is 4.97. The first-order valence-electron chi connectivity index (χ1n) is 4.91. The van der Waals surface area contributed by atoms with Gasteiger partial charge in [0, 0.05) is 18.3 Å². The van der Waals surface area contributed by atoms with E-state index in [0.29, 0.717) is 5.88 Å². The zero-order chi connectivity index (χ0) is 10.2. The van der Waals surface area contributed by atoms with Crippen molar-refractivity contribution < 1.29 is 0 Å². The Morgan fingerprint density at radius 3 is 2.64 bits per heavy atom. The van der Waals surface area contributed by atoms with Gasteiger partial charge < -0.3 is 0 Å².